The number of nitrogens with one attached hydrogen (secondary N) is 3. The maximum atomic E-state index is 14.2. The van der Waals surface area contributed by atoms with Crippen molar-refractivity contribution in [2.75, 3.05) is 22.5 Å². The summed E-state index contributed by atoms with van der Waals surface area (Å²) in [4.78, 5) is 48.4. The molecule has 2 fully saturated rings. The predicted molar refractivity (Wildman–Crippen MR) is 150 cm³/mol. The molecule has 3 aliphatic heterocycles. The van der Waals surface area contributed by atoms with E-state index in [-0.39, 0.29) is 5.02 Å². The van der Waals surface area contributed by atoms with E-state index in [4.69, 9.17) is 46.4 Å². The maximum Gasteiger partial charge on any atom is 0.250 e. The van der Waals surface area contributed by atoms with Crippen molar-refractivity contribution >= 4 is 81.3 Å². The molecule has 1 spiro atoms. The Kier molecular flexibility index (Phi) is 6.55. The van der Waals surface area contributed by atoms with Crippen LogP contribution in [0.2, 0.25) is 20.1 Å². The summed E-state index contributed by atoms with van der Waals surface area (Å²) >= 11 is 25.2. The molecule has 1 aromatic heterocycles. The highest BCUT2D eigenvalue weighted by atomic mass is 35.5. The smallest absolute Gasteiger partial charge is 0.250 e. The highest BCUT2D eigenvalue weighted by Gasteiger charge is 2.71. The van der Waals surface area contributed by atoms with E-state index < -0.39 is 41.1 Å². The van der Waals surface area contributed by atoms with Crippen molar-refractivity contribution in [3.05, 3.63) is 68.5 Å². The first-order chi connectivity index (χ1) is 18.6. The van der Waals surface area contributed by atoms with Gasteiger partial charge in [0.15, 0.2) is 5.82 Å². The fourth-order valence-corrected chi connectivity index (χ4v) is 7.47. The number of nitrogens with zero attached hydrogens (tertiary/aromatic N) is 3. The topological polar surface area (TPSA) is 108 Å². The Morgan fingerprint density at radius 3 is 2.44 bits per heavy atom. The van der Waals surface area contributed by atoms with E-state index in [0.717, 1.165) is 6.42 Å². The lowest BCUT2D eigenvalue weighted by Crippen LogP contribution is -2.54. The summed E-state index contributed by atoms with van der Waals surface area (Å²) in [7, 11) is 1.77. The third kappa shape index (κ3) is 4.19. The molecule has 2 aromatic carbocycles. The van der Waals surface area contributed by atoms with Crippen LogP contribution in [0.4, 0.5) is 17.2 Å². The molecule has 2 saturated heterocycles. The van der Waals surface area contributed by atoms with Gasteiger partial charge < -0.3 is 20.5 Å². The Balaban J connectivity index is 1.50. The van der Waals surface area contributed by atoms with Crippen LogP contribution in [0.15, 0.2) is 42.9 Å². The molecule has 0 radical (unpaired) electrons. The number of rotatable bonds is 4. The quantitative estimate of drug-likeness (QED) is 0.379. The van der Waals surface area contributed by atoms with Crippen molar-refractivity contribution in [1.82, 2.24) is 14.5 Å². The van der Waals surface area contributed by atoms with Crippen molar-refractivity contribution < 1.29 is 14.4 Å². The Morgan fingerprint density at radius 1 is 1.03 bits per heavy atom. The minimum atomic E-state index is -1.52. The van der Waals surface area contributed by atoms with E-state index in [0.29, 0.717) is 50.8 Å². The Bertz CT molecular complexity index is 1520. The summed E-state index contributed by atoms with van der Waals surface area (Å²) in [5.74, 6) is -3.15. The van der Waals surface area contributed by atoms with Gasteiger partial charge in [0.25, 0.3) is 5.91 Å². The molecule has 0 saturated carbocycles. The van der Waals surface area contributed by atoms with Crippen molar-refractivity contribution in [2.45, 2.75) is 24.4 Å². The van der Waals surface area contributed by atoms with Gasteiger partial charge in [0.05, 0.1) is 28.9 Å². The number of hydrogen-bond acceptors (Lipinski definition) is 5. The van der Waals surface area contributed by atoms with Crippen molar-refractivity contribution in [3.63, 3.8) is 0 Å². The first-order valence-electron chi connectivity index (χ1n) is 12.2. The van der Waals surface area contributed by atoms with Crippen LogP contribution in [0.3, 0.4) is 0 Å². The van der Waals surface area contributed by atoms with Gasteiger partial charge in [-0.15, -0.1) is 0 Å². The number of carbonyl (C=O) groups excluding carboxylic acids is 3. The average molecular weight is 608 g/mol. The van der Waals surface area contributed by atoms with E-state index in [9.17, 15) is 14.4 Å². The van der Waals surface area contributed by atoms with Crippen LogP contribution in [0.25, 0.3) is 0 Å². The largest absolute Gasteiger partial charge is 0.338 e. The highest BCUT2D eigenvalue weighted by molar-refractivity contribution is 6.38. The van der Waals surface area contributed by atoms with Crippen LogP contribution < -0.4 is 16.0 Å². The lowest BCUT2D eigenvalue weighted by molar-refractivity contribution is -0.137. The molecule has 3 amide bonds. The molecule has 4 heterocycles. The van der Waals surface area contributed by atoms with Gasteiger partial charge in [0.2, 0.25) is 11.8 Å². The number of aryl methyl sites for hydroxylation is 1. The van der Waals surface area contributed by atoms with Gasteiger partial charge in [0, 0.05) is 45.6 Å². The van der Waals surface area contributed by atoms with E-state index >= 15 is 0 Å². The van der Waals surface area contributed by atoms with E-state index in [1.807, 2.05) is 4.90 Å². The van der Waals surface area contributed by atoms with Crippen LogP contribution >= 0.6 is 46.4 Å². The van der Waals surface area contributed by atoms with Crippen LogP contribution in [-0.4, -0.2) is 44.8 Å². The zero-order valence-electron chi connectivity index (χ0n) is 20.5. The average Bonchev–Trinajstić information content (AvgIpc) is 3.59. The Hall–Kier alpha value is -2.82. The van der Waals surface area contributed by atoms with Crippen LogP contribution in [0, 0.1) is 11.8 Å². The number of benzene rings is 2. The fraction of sp³-hybridized carbons (Fsp3) is 0.308. The van der Waals surface area contributed by atoms with Gasteiger partial charge in [-0.2, -0.15) is 0 Å². The first kappa shape index (κ1) is 26.4. The second kappa shape index (κ2) is 9.67. The molecule has 0 bridgehead atoms. The maximum absolute atomic E-state index is 14.2. The third-order valence-electron chi connectivity index (χ3n) is 7.70. The second-order valence-electron chi connectivity index (χ2n) is 10.00. The number of amides is 3. The lowest BCUT2D eigenvalue weighted by Gasteiger charge is -2.36. The minimum absolute atomic E-state index is 0.254. The number of carbonyl (C=O) groups is 3. The second-order valence-corrected chi connectivity index (χ2v) is 11.7. The summed E-state index contributed by atoms with van der Waals surface area (Å²) in [6.07, 6.45) is 4.54. The zero-order valence-corrected chi connectivity index (χ0v) is 23.5. The van der Waals surface area contributed by atoms with Crippen LogP contribution in [0.1, 0.15) is 18.4 Å². The minimum Gasteiger partial charge on any atom is -0.338 e. The molecule has 6 rings (SSSR count). The molecule has 13 heteroatoms. The molecular weight excluding hydrogens is 586 g/mol. The van der Waals surface area contributed by atoms with Crippen molar-refractivity contribution in [1.29, 1.82) is 0 Å². The number of hydrogen-bond donors (Lipinski definition) is 3. The molecule has 3 N–H and O–H groups in total. The van der Waals surface area contributed by atoms with Gasteiger partial charge in [-0.1, -0.05) is 46.4 Å². The normalized spacial score (nSPS) is 25.5. The molecule has 3 aromatic rings. The van der Waals surface area contributed by atoms with E-state index in [1.165, 1.54) is 6.07 Å². The molecule has 202 valence electrons. The SMILES string of the molecule is Cn1cnc(NC(=O)[C@H]2[C@@H](C(=O)Nc3cc(Cl)cc(Cl)c3)[C@H]3CCCN3[C@]23C(=O)Nc2c(Cl)cc(Cl)cc23)c1. The molecule has 39 heavy (non-hydrogen) atoms. The summed E-state index contributed by atoms with van der Waals surface area (Å²) in [5, 5.41) is 9.85. The van der Waals surface area contributed by atoms with Crippen LogP contribution in [-0.2, 0) is 27.0 Å². The van der Waals surface area contributed by atoms with Gasteiger partial charge in [-0.25, -0.2) is 4.98 Å². The number of anilines is 3. The predicted octanol–water partition coefficient (Wildman–Crippen LogP) is 5.17. The molecule has 0 unspecified atom stereocenters. The molecule has 9 nitrogen and oxygen atoms in total. The highest BCUT2D eigenvalue weighted by Crippen LogP contribution is 2.59. The zero-order chi connectivity index (χ0) is 27.6. The monoisotopic (exact) mass is 606 g/mol. The summed E-state index contributed by atoms with van der Waals surface area (Å²) in [6.45, 7) is 0.502. The number of aromatic nitrogens is 2. The Labute approximate surface area is 243 Å². The van der Waals surface area contributed by atoms with Gasteiger partial charge in [-0.05, 0) is 49.7 Å². The first-order valence-corrected chi connectivity index (χ1v) is 13.7. The Morgan fingerprint density at radius 2 is 1.74 bits per heavy atom. The van der Waals surface area contributed by atoms with Crippen LogP contribution in [0.5, 0.6) is 0 Å². The third-order valence-corrected chi connectivity index (χ3v) is 8.65. The van der Waals surface area contributed by atoms with Gasteiger partial charge >= 0.3 is 0 Å². The van der Waals surface area contributed by atoms with Crippen molar-refractivity contribution in [3.8, 4) is 0 Å². The molecule has 3 aliphatic rings. The number of halogens is 4. The van der Waals surface area contributed by atoms with E-state index in [1.54, 1.807) is 48.4 Å². The van der Waals surface area contributed by atoms with Gasteiger partial charge in [0.1, 0.15) is 5.54 Å². The standard InChI is InChI=1S/C26H22Cl4N6O3/c1-35-10-19(31-11-35)33-24(38)21-20(23(37)32-15-6-12(27)5-13(28)7-15)18-3-2-4-36(18)26(21)16-8-14(29)9-17(30)22(16)34-25(26)39/h5-11,18,20-21H,2-4H2,1H3,(H,32,37)(H,33,38)(H,34,39)/t18-,20+,21-,26+/m1/s1. The molecule has 4 atom stereocenters. The summed E-state index contributed by atoms with van der Waals surface area (Å²) < 4.78 is 1.68. The summed E-state index contributed by atoms with van der Waals surface area (Å²) in [5.41, 5.74) is -0.277. The number of fused-ring (bicyclic) bond motifs is 4. The summed E-state index contributed by atoms with van der Waals surface area (Å²) in [6, 6.07) is 7.47. The van der Waals surface area contributed by atoms with E-state index in [2.05, 4.69) is 20.9 Å². The van der Waals surface area contributed by atoms with Crippen molar-refractivity contribution in [2.24, 2.45) is 18.9 Å². The molecular formula is C26H22Cl4N6O3. The van der Waals surface area contributed by atoms with Gasteiger partial charge in [-0.3, -0.25) is 19.3 Å². The fourth-order valence-electron chi connectivity index (χ4n) is 6.40. The number of imidazole rings is 1. The lowest BCUT2D eigenvalue weighted by atomic mass is 9.73. The molecule has 0 aliphatic carbocycles.